The summed E-state index contributed by atoms with van der Waals surface area (Å²) in [6.45, 7) is 1.92. The smallest absolute Gasteiger partial charge is 0.287 e. The summed E-state index contributed by atoms with van der Waals surface area (Å²) in [5, 5.41) is 2.94. The second-order valence-corrected chi connectivity index (χ2v) is 7.91. The number of ether oxygens (including phenoxy) is 2. The van der Waals surface area contributed by atoms with Gasteiger partial charge >= 0.3 is 0 Å². The quantitative estimate of drug-likeness (QED) is 0.476. The molecule has 0 radical (unpaired) electrons. The van der Waals surface area contributed by atoms with Crippen LogP contribution >= 0.6 is 11.8 Å². The average molecular weight is 435 g/mol. The number of rotatable bonds is 5. The number of aromatic nitrogens is 2. The van der Waals surface area contributed by atoms with Gasteiger partial charge in [-0.15, -0.1) is 16.3 Å². The zero-order valence-corrected chi connectivity index (χ0v) is 17.3. The minimum Gasteiger partial charge on any atom is -0.454 e. The van der Waals surface area contributed by atoms with Crippen molar-refractivity contribution in [3.8, 4) is 11.5 Å². The molecule has 0 atom stereocenters. The van der Waals surface area contributed by atoms with E-state index >= 15 is 0 Å². The van der Waals surface area contributed by atoms with E-state index in [1.165, 1.54) is 22.4 Å². The van der Waals surface area contributed by atoms with Crippen molar-refractivity contribution in [2.75, 3.05) is 12.1 Å². The highest BCUT2D eigenvalue weighted by molar-refractivity contribution is 7.98. The molecule has 5 rings (SSSR count). The molecule has 31 heavy (non-hydrogen) atoms. The molecule has 2 aromatic heterocycles. The highest BCUT2D eigenvalue weighted by Crippen LogP contribution is 2.33. The van der Waals surface area contributed by atoms with Crippen LogP contribution in [0.4, 0.5) is 5.69 Å². The highest BCUT2D eigenvalue weighted by Gasteiger charge is 2.17. The first kappa shape index (κ1) is 19.3. The molecule has 8 nitrogen and oxygen atoms in total. The van der Waals surface area contributed by atoms with Crippen molar-refractivity contribution in [1.82, 2.24) is 9.56 Å². The Morgan fingerprint density at radius 3 is 2.87 bits per heavy atom. The van der Waals surface area contributed by atoms with Gasteiger partial charge in [0.2, 0.25) is 6.79 Å². The lowest BCUT2D eigenvalue weighted by Gasteiger charge is -2.11. The minimum absolute atomic E-state index is 0.154. The lowest BCUT2D eigenvalue weighted by atomic mass is 10.2. The van der Waals surface area contributed by atoms with Crippen LogP contribution in [-0.4, -0.2) is 22.3 Å². The van der Waals surface area contributed by atoms with Crippen molar-refractivity contribution in [1.29, 1.82) is 0 Å². The van der Waals surface area contributed by atoms with E-state index in [1.54, 1.807) is 31.2 Å². The van der Waals surface area contributed by atoms with Gasteiger partial charge in [-0.25, -0.2) is 4.98 Å². The summed E-state index contributed by atoms with van der Waals surface area (Å²) < 4.78 is 17.1. The summed E-state index contributed by atoms with van der Waals surface area (Å²) in [5.74, 6) is 2.01. The molecule has 156 valence electrons. The number of nitrogens with one attached hydrogen (secondary N) is 1. The van der Waals surface area contributed by atoms with E-state index in [2.05, 4.69) is 10.3 Å². The number of hydrogen-bond donors (Lipinski definition) is 1. The number of carbonyl (C=O) groups excluding carboxylic acids is 1. The number of amides is 1. The molecule has 1 amide bonds. The zero-order valence-electron chi connectivity index (χ0n) is 16.5. The number of carbonyl (C=O) groups is 1. The Labute approximate surface area is 180 Å². The maximum Gasteiger partial charge on any atom is 0.287 e. The van der Waals surface area contributed by atoms with Gasteiger partial charge in [0.05, 0.1) is 11.4 Å². The van der Waals surface area contributed by atoms with E-state index in [9.17, 15) is 9.59 Å². The summed E-state index contributed by atoms with van der Waals surface area (Å²) in [6.07, 6.45) is 0. The Hall–Kier alpha value is -3.72. The van der Waals surface area contributed by atoms with Gasteiger partial charge in [0.15, 0.2) is 17.1 Å². The Morgan fingerprint density at radius 1 is 1.13 bits per heavy atom. The molecular weight excluding hydrogens is 418 g/mol. The molecule has 0 saturated heterocycles. The summed E-state index contributed by atoms with van der Waals surface area (Å²) in [6, 6.07) is 15.7. The molecule has 0 unspecified atom stereocenters. The monoisotopic (exact) mass is 435 g/mol. The van der Waals surface area contributed by atoms with Gasteiger partial charge in [0, 0.05) is 28.3 Å². The zero-order chi connectivity index (χ0) is 21.4. The summed E-state index contributed by atoms with van der Waals surface area (Å²) in [5.41, 5.74) is 1.99. The normalized spacial score (nSPS) is 12.3. The predicted octanol–water partition coefficient (Wildman–Crippen LogP) is 3.87. The summed E-state index contributed by atoms with van der Waals surface area (Å²) in [7, 11) is 0. The van der Waals surface area contributed by atoms with Crippen molar-refractivity contribution in [3.63, 3.8) is 0 Å². The molecule has 9 heteroatoms. The first-order valence-electron chi connectivity index (χ1n) is 9.49. The third-order valence-electron chi connectivity index (χ3n) is 4.67. The fourth-order valence-corrected chi connectivity index (χ4v) is 4.13. The molecule has 0 fully saturated rings. The van der Waals surface area contributed by atoms with Crippen LogP contribution in [0.1, 0.15) is 21.8 Å². The Kier molecular flexibility index (Phi) is 4.87. The lowest BCUT2D eigenvalue weighted by Crippen LogP contribution is -2.13. The fraction of sp³-hybridized carbons (Fsp3) is 0.136. The maximum absolute atomic E-state index is 12.8. The van der Waals surface area contributed by atoms with Crippen LogP contribution in [0.2, 0.25) is 0 Å². The van der Waals surface area contributed by atoms with E-state index in [4.69, 9.17) is 14.0 Å². The van der Waals surface area contributed by atoms with E-state index in [-0.39, 0.29) is 18.3 Å². The molecule has 1 aliphatic rings. The second-order valence-electron chi connectivity index (χ2n) is 6.89. The van der Waals surface area contributed by atoms with Gasteiger partial charge in [0.1, 0.15) is 5.76 Å². The number of fused-ring (bicyclic) bond motifs is 2. The Morgan fingerprint density at radius 2 is 1.97 bits per heavy atom. The minimum atomic E-state index is -0.266. The van der Waals surface area contributed by atoms with Crippen LogP contribution in [0, 0.1) is 6.92 Å². The van der Waals surface area contributed by atoms with Gasteiger partial charge in [0.25, 0.3) is 11.5 Å². The summed E-state index contributed by atoms with van der Waals surface area (Å²) in [4.78, 5) is 30.3. The molecule has 0 bridgehead atoms. The van der Waals surface area contributed by atoms with E-state index in [1.807, 2.05) is 24.3 Å². The van der Waals surface area contributed by atoms with E-state index in [0.717, 1.165) is 4.90 Å². The van der Waals surface area contributed by atoms with Crippen LogP contribution < -0.4 is 20.3 Å². The molecule has 2 aromatic carbocycles. The highest BCUT2D eigenvalue weighted by atomic mass is 32.2. The van der Waals surface area contributed by atoms with Crippen molar-refractivity contribution < 1.29 is 18.8 Å². The third kappa shape index (κ3) is 3.87. The number of hydrogen-bond acceptors (Lipinski definition) is 7. The standard InChI is InChI=1S/C22H17N3O5S/c1-13-8-20-23-15(10-21(26)25(20)30-13)11-31-19-5-3-2-4-16(19)24-22(27)14-6-7-17-18(9-14)29-12-28-17/h2-10H,11-12H2,1H3,(H,24,27). The number of thioether (sulfide) groups is 1. The number of aryl methyl sites for hydroxylation is 1. The fourth-order valence-electron chi connectivity index (χ4n) is 3.23. The number of benzene rings is 2. The summed E-state index contributed by atoms with van der Waals surface area (Å²) >= 11 is 1.48. The van der Waals surface area contributed by atoms with Gasteiger partial charge in [-0.1, -0.05) is 12.1 Å². The van der Waals surface area contributed by atoms with Crippen LogP contribution in [0.3, 0.4) is 0 Å². The predicted molar refractivity (Wildman–Crippen MR) is 115 cm³/mol. The van der Waals surface area contributed by atoms with Gasteiger partial charge < -0.3 is 19.3 Å². The average Bonchev–Trinajstić information content (AvgIpc) is 3.38. The van der Waals surface area contributed by atoms with Gasteiger partial charge in [-0.05, 0) is 37.3 Å². The Bertz CT molecular complexity index is 1360. The topological polar surface area (TPSA) is 95.1 Å². The molecule has 4 aromatic rings. The van der Waals surface area contributed by atoms with Gasteiger partial charge in [-0.3, -0.25) is 9.59 Å². The molecule has 1 aliphatic heterocycles. The van der Waals surface area contributed by atoms with Gasteiger partial charge in [-0.2, -0.15) is 0 Å². The first-order chi connectivity index (χ1) is 15.1. The largest absolute Gasteiger partial charge is 0.454 e. The van der Waals surface area contributed by atoms with Crippen molar-refractivity contribution in [3.05, 3.63) is 82.0 Å². The molecular formula is C22H17N3O5S. The van der Waals surface area contributed by atoms with Crippen molar-refractivity contribution >= 4 is 29.0 Å². The van der Waals surface area contributed by atoms with Crippen LogP contribution in [0.15, 0.2) is 68.8 Å². The van der Waals surface area contributed by atoms with Crippen molar-refractivity contribution in [2.45, 2.75) is 17.6 Å². The molecule has 1 N–H and O–H groups in total. The third-order valence-corrected chi connectivity index (χ3v) is 5.78. The van der Waals surface area contributed by atoms with Crippen molar-refractivity contribution in [2.24, 2.45) is 0 Å². The van der Waals surface area contributed by atoms with E-state index in [0.29, 0.717) is 45.6 Å². The second kappa shape index (κ2) is 7.84. The first-order valence-corrected chi connectivity index (χ1v) is 10.5. The lowest BCUT2D eigenvalue weighted by molar-refractivity contribution is 0.102. The molecule has 0 saturated carbocycles. The Balaban J connectivity index is 1.33. The van der Waals surface area contributed by atoms with Crippen LogP contribution in [-0.2, 0) is 5.75 Å². The maximum atomic E-state index is 12.8. The SMILES string of the molecule is Cc1cc2nc(CSc3ccccc3NC(=O)c3ccc4c(c3)OCO4)cc(=O)n2o1. The van der Waals surface area contributed by atoms with E-state index < -0.39 is 0 Å². The van der Waals surface area contributed by atoms with Crippen LogP contribution in [0.25, 0.3) is 5.65 Å². The van der Waals surface area contributed by atoms with Crippen LogP contribution in [0.5, 0.6) is 11.5 Å². The number of nitrogens with zero attached hydrogens (tertiary/aromatic N) is 2. The molecule has 0 aliphatic carbocycles. The number of anilines is 1. The number of para-hydroxylation sites is 1. The molecule has 3 heterocycles. The molecule has 0 spiro atoms.